The van der Waals surface area contributed by atoms with Crippen LogP contribution in [0.4, 0.5) is 10.1 Å². The summed E-state index contributed by atoms with van der Waals surface area (Å²) in [5, 5.41) is 12.1. The molecule has 4 heteroatoms. The first-order valence-electron chi connectivity index (χ1n) is 10.3. The Morgan fingerprint density at radius 3 is 2.42 bits per heavy atom. The van der Waals surface area contributed by atoms with Crippen LogP contribution in [0.5, 0.6) is 0 Å². The lowest BCUT2D eigenvalue weighted by Crippen LogP contribution is -2.18. The highest BCUT2D eigenvalue weighted by Crippen LogP contribution is 2.28. The molecule has 0 aliphatic rings. The molecule has 1 atom stereocenters. The van der Waals surface area contributed by atoms with Crippen molar-refractivity contribution in [2.75, 3.05) is 5.73 Å². The molecule has 4 N–H and O–H groups in total. The van der Waals surface area contributed by atoms with Crippen molar-refractivity contribution < 1.29 is 4.39 Å². The topological polar surface area (TPSA) is 61.9 Å². The van der Waals surface area contributed by atoms with E-state index in [4.69, 9.17) is 11.1 Å². The van der Waals surface area contributed by atoms with Crippen LogP contribution in [0.2, 0.25) is 0 Å². The van der Waals surface area contributed by atoms with Gasteiger partial charge in [0, 0.05) is 28.6 Å². The molecule has 31 heavy (non-hydrogen) atoms. The lowest BCUT2D eigenvalue weighted by atomic mass is 9.92. The number of anilines is 1. The summed E-state index contributed by atoms with van der Waals surface area (Å²) in [6.07, 6.45) is 4.20. The van der Waals surface area contributed by atoms with Crippen molar-refractivity contribution in [3.63, 3.8) is 0 Å². The van der Waals surface area contributed by atoms with Crippen molar-refractivity contribution in [2.24, 2.45) is 0 Å². The Bertz CT molecular complexity index is 1100. The predicted octanol–water partition coefficient (Wildman–Crippen LogP) is 6.37. The Balaban J connectivity index is 1.88. The summed E-state index contributed by atoms with van der Waals surface area (Å²) in [6, 6.07) is 20.2. The van der Waals surface area contributed by atoms with Gasteiger partial charge in [-0.25, -0.2) is 4.39 Å². The largest absolute Gasteiger partial charge is 0.398 e. The van der Waals surface area contributed by atoms with Gasteiger partial charge in [0.1, 0.15) is 5.82 Å². The van der Waals surface area contributed by atoms with Crippen LogP contribution in [-0.4, -0.2) is 5.71 Å². The molecule has 3 nitrogen and oxygen atoms in total. The van der Waals surface area contributed by atoms with Crippen molar-refractivity contribution in [1.29, 1.82) is 5.41 Å². The second-order valence-electron chi connectivity index (χ2n) is 7.46. The van der Waals surface area contributed by atoms with Crippen molar-refractivity contribution in [2.45, 2.75) is 26.3 Å². The van der Waals surface area contributed by atoms with Crippen LogP contribution in [0.15, 0.2) is 79.4 Å². The molecule has 3 aromatic rings. The fourth-order valence-electron chi connectivity index (χ4n) is 3.63. The molecule has 0 radical (unpaired) electrons. The average Bonchev–Trinajstić information content (AvgIpc) is 2.78. The molecule has 0 bridgehead atoms. The van der Waals surface area contributed by atoms with Crippen LogP contribution in [0.3, 0.4) is 0 Å². The van der Waals surface area contributed by atoms with E-state index in [0.29, 0.717) is 23.4 Å². The second kappa shape index (κ2) is 9.90. The smallest absolute Gasteiger partial charge is 0.123 e. The summed E-state index contributed by atoms with van der Waals surface area (Å²) in [5.74, 6) is -0.284. The molecule has 0 aliphatic heterocycles. The minimum absolute atomic E-state index is 0.0947. The van der Waals surface area contributed by atoms with Crippen LogP contribution in [0.1, 0.15) is 47.7 Å². The van der Waals surface area contributed by atoms with Gasteiger partial charge in [-0.15, -0.1) is 0 Å². The van der Waals surface area contributed by atoms with Crippen LogP contribution < -0.4 is 11.1 Å². The fraction of sp³-hybridized carbons (Fsp3) is 0.148. The zero-order chi connectivity index (χ0) is 22.4. The van der Waals surface area contributed by atoms with Gasteiger partial charge in [-0.2, -0.15) is 0 Å². The maximum Gasteiger partial charge on any atom is 0.123 e. The highest BCUT2D eigenvalue weighted by molar-refractivity contribution is 6.13. The van der Waals surface area contributed by atoms with Crippen molar-refractivity contribution in [3.8, 4) is 0 Å². The molecule has 0 aromatic heterocycles. The standard InChI is InChI=1S/C27H28FN3/c1-4-23-24(19(3)31-18(2)21-8-6-5-7-9-21)15-17-26(30)27(23)25(29)16-12-20-10-13-22(28)14-11-20/h5-18,29,31H,3-4,30H2,1-2H3/b16-12+,29-25?. The minimum Gasteiger partial charge on any atom is -0.398 e. The van der Waals surface area contributed by atoms with Crippen LogP contribution in [0, 0.1) is 11.2 Å². The maximum absolute atomic E-state index is 13.1. The Hall–Kier alpha value is -3.66. The van der Waals surface area contributed by atoms with Crippen LogP contribution >= 0.6 is 0 Å². The molecule has 0 fully saturated rings. The SMILES string of the molecule is C=C(NC(C)c1ccccc1)c1ccc(N)c(C(=N)/C=C/c2ccc(F)cc2)c1CC. The fourth-order valence-corrected chi connectivity index (χ4v) is 3.63. The summed E-state index contributed by atoms with van der Waals surface area (Å²) >= 11 is 0. The number of nitrogens with one attached hydrogen (secondary N) is 2. The van der Waals surface area contributed by atoms with Crippen LogP contribution in [-0.2, 0) is 6.42 Å². The van der Waals surface area contributed by atoms with Gasteiger partial charge < -0.3 is 16.5 Å². The minimum atomic E-state index is -0.284. The molecule has 0 saturated carbocycles. The number of allylic oxidation sites excluding steroid dienone is 1. The zero-order valence-corrected chi connectivity index (χ0v) is 18.0. The van der Waals surface area contributed by atoms with Crippen molar-refractivity contribution >= 4 is 23.2 Å². The van der Waals surface area contributed by atoms with Crippen molar-refractivity contribution in [1.82, 2.24) is 5.32 Å². The normalized spacial score (nSPS) is 12.0. The number of benzene rings is 3. The third-order valence-corrected chi connectivity index (χ3v) is 5.30. The van der Waals surface area contributed by atoms with Gasteiger partial charge in [-0.1, -0.05) is 68.1 Å². The maximum atomic E-state index is 13.1. The number of rotatable bonds is 8. The van der Waals surface area contributed by atoms with E-state index in [9.17, 15) is 4.39 Å². The molecule has 3 rings (SSSR count). The third kappa shape index (κ3) is 5.28. The Labute approximate surface area is 183 Å². The first kappa shape index (κ1) is 22.0. The summed E-state index contributed by atoms with van der Waals surface area (Å²) in [6.45, 7) is 8.40. The molecular weight excluding hydrogens is 385 g/mol. The molecular formula is C27H28FN3. The number of nitrogens with two attached hydrogens (primary N) is 1. The quantitative estimate of drug-likeness (QED) is 0.297. The second-order valence-corrected chi connectivity index (χ2v) is 7.46. The summed E-state index contributed by atoms with van der Waals surface area (Å²) in [4.78, 5) is 0. The summed E-state index contributed by atoms with van der Waals surface area (Å²) < 4.78 is 13.1. The summed E-state index contributed by atoms with van der Waals surface area (Å²) in [5.41, 5.74) is 12.6. The van der Waals surface area contributed by atoms with Crippen molar-refractivity contribution in [3.05, 3.63) is 113 Å². The Kier molecular flexibility index (Phi) is 7.03. The molecule has 0 spiro atoms. The van der Waals surface area contributed by atoms with E-state index in [0.717, 1.165) is 22.4 Å². The van der Waals surface area contributed by atoms with Crippen LogP contribution in [0.25, 0.3) is 11.8 Å². The van der Waals surface area contributed by atoms with E-state index in [1.807, 2.05) is 37.3 Å². The van der Waals surface area contributed by atoms with Gasteiger partial charge in [0.25, 0.3) is 0 Å². The Morgan fingerprint density at radius 2 is 1.77 bits per heavy atom. The first-order chi connectivity index (χ1) is 14.9. The van der Waals surface area contributed by atoms with Gasteiger partial charge in [-0.3, -0.25) is 0 Å². The van der Waals surface area contributed by atoms with Gasteiger partial charge in [0.05, 0.1) is 5.71 Å². The molecule has 0 aliphatic carbocycles. The number of halogens is 1. The number of hydrogen-bond donors (Lipinski definition) is 3. The number of hydrogen-bond acceptors (Lipinski definition) is 3. The van der Waals surface area contributed by atoms with E-state index in [1.54, 1.807) is 24.3 Å². The molecule has 1 unspecified atom stereocenters. The first-order valence-corrected chi connectivity index (χ1v) is 10.3. The Morgan fingerprint density at radius 1 is 1.10 bits per heavy atom. The summed E-state index contributed by atoms with van der Waals surface area (Å²) in [7, 11) is 0. The molecule has 0 saturated heterocycles. The highest BCUT2D eigenvalue weighted by atomic mass is 19.1. The molecule has 0 heterocycles. The third-order valence-electron chi connectivity index (χ3n) is 5.30. The van der Waals surface area contributed by atoms with E-state index in [1.165, 1.54) is 17.7 Å². The zero-order valence-electron chi connectivity index (χ0n) is 18.0. The average molecular weight is 414 g/mol. The molecule has 0 amide bonds. The van der Waals surface area contributed by atoms with E-state index < -0.39 is 0 Å². The van der Waals surface area contributed by atoms with E-state index in [-0.39, 0.29) is 11.9 Å². The predicted molar refractivity (Wildman–Crippen MR) is 130 cm³/mol. The lowest BCUT2D eigenvalue weighted by molar-refractivity contribution is 0.628. The molecule has 3 aromatic carbocycles. The monoisotopic (exact) mass is 413 g/mol. The van der Waals surface area contributed by atoms with Gasteiger partial charge >= 0.3 is 0 Å². The van der Waals surface area contributed by atoms with E-state index in [2.05, 4.69) is 31.0 Å². The van der Waals surface area contributed by atoms with E-state index >= 15 is 0 Å². The van der Waals surface area contributed by atoms with Gasteiger partial charge in [0.15, 0.2) is 0 Å². The van der Waals surface area contributed by atoms with Gasteiger partial charge in [0.2, 0.25) is 0 Å². The highest BCUT2D eigenvalue weighted by Gasteiger charge is 2.16. The number of nitrogen functional groups attached to an aromatic ring is 1. The lowest BCUT2D eigenvalue weighted by Gasteiger charge is -2.22. The van der Waals surface area contributed by atoms with Gasteiger partial charge in [-0.05, 0) is 54.3 Å². The molecule has 158 valence electrons.